The number of rotatable bonds is 6. The number of unbranched alkanes of at least 4 members (excludes halogenated alkanes) is 3. The zero-order valence-corrected chi connectivity index (χ0v) is 12.1. The molecule has 0 aromatic heterocycles. The Bertz CT molecular complexity index is 53.0. The molecule has 16 heavy (non-hydrogen) atoms. The van der Waals surface area contributed by atoms with Crippen molar-refractivity contribution < 1.29 is 32.4 Å². The Balaban J connectivity index is -0.0000000655. The minimum Gasteiger partial charge on any atom is -0.854 e. The van der Waals surface area contributed by atoms with Gasteiger partial charge in [0, 0.05) is 0 Å². The van der Waals surface area contributed by atoms with Crippen molar-refractivity contribution in [3.63, 3.8) is 0 Å². The minimum absolute atomic E-state index is 0. The summed E-state index contributed by atoms with van der Waals surface area (Å²) in [5.41, 5.74) is 0. The van der Waals surface area contributed by atoms with Crippen LogP contribution in [0.15, 0.2) is 0 Å². The van der Waals surface area contributed by atoms with E-state index < -0.39 is 0 Å². The summed E-state index contributed by atoms with van der Waals surface area (Å²) in [5, 5.41) is 28.6. The Morgan fingerprint density at radius 3 is 0.750 bits per heavy atom. The Morgan fingerprint density at radius 1 is 0.562 bits per heavy atom. The molecule has 4 heteroatoms. The first-order chi connectivity index (χ1) is 7.24. The molecule has 0 aliphatic carbocycles. The molecule has 0 amide bonds. The molecule has 0 unspecified atom stereocenters. The smallest absolute Gasteiger partial charge is 0.854 e. The summed E-state index contributed by atoms with van der Waals surface area (Å²) in [6.45, 7) is 6.32. The molecule has 0 fully saturated rings. The largest absolute Gasteiger partial charge is 3.00 e. The van der Waals surface area contributed by atoms with Gasteiger partial charge in [-0.05, 0) is 0 Å². The van der Waals surface area contributed by atoms with Crippen molar-refractivity contribution in [1.82, 2.24) is 0 Å². The first kappa shape index (κ1) is 25.3. The van der Waals surface area contributed by atoms with E-state index in [0.717, 1.165) is 38.5 Å². The van der Waals surface area contributed by atoms with Crippen LogP contribution in [0.25, 0.3) is 0 Å². The van der Waals surface area contributed by atoms with Gasteiger partial charge in [0.15, 0.2) is 0 Å². The number of hydrogen-bond acceptors (Lipinski definition) is 3. The zero-order chi connectivity index (χ0) is 12.4. The van der Waals surface area contributed by atoms with E-state index in [1.807, 2.05) is 20.8 Å². The number of hydrogen-bond donors (Lipinski definition) is 0. The SMILES string of the molecule is CCCC[O-].CCCC[O-].CCCC[O-].[Mn+3]. The molecule has 0 atom stereocenters. The maximum absolute atomic E-state index is 9.53. The molecule has 3 nitrogen and oxygen atoms in total. The van der Waals surface area contributed by atoms with Crippen molar-refractivity contribution >= 4 is 0 Å². The van der Waals surface area contributed by atoms with Crippen molar-refractivity contribution in [3.05, 3.63) is 0 Å². The van der Waals surface area contributed by atoms with Gasteiger partial charge in [-0.3, -0.25) is 0 Å². The molecule has 0 bridgehead atoms. The third-order valence-corrected chi connectivity index (χ3v) is 1.49. The molecule has 0 saturated heterocycles. The van der Waals surface area contributed by atoms with E-state index in [-0.39, 0.29) is 36.9 Å². The predicted octanol–water partition coefficient (Wildman–Crippen LogP) is 0.438. The molecular formula is C12H27MnO3. The van der Waals surface area contributed by atoms with Crippen molar-refractivity contribution in [3.8, 4) is 0 Å². The second kappa shape index (κ2) is 36.1. The van der Waals surface area contributed by atoms with Crippen LogP contribution in [0.3, 0.4) is 0 Å². The van der Waals surface area contributed by atoms with Gasteiger partial charge in [-0.25, -0.2) is 0 Å². The van der Waals surface area contributed by atoms with Crippen molar-refractivity contribution in [2.45, 2.75) is 59.3 Å². The first-order valence-corrected chi connectivity index (χ1v) is 5.99. The third-order valence-electron chi connectivity index (χ3n) is 1.49. The van der Waals surface area contributed by atoms with Gasteiger partial charge in [0.25, 0.3) is 0 Å². The molecule has 0 aromatic rings. The average Bonchev–Trinajstić information content (AvgIpc) is 2.23. The maximum atomic E-state index is 9.53. The van der Waals surface area contributed by atoms with Gasteiger partial charge in [-0.2, -0.15) is 0 Å². The van der Waals surface area contributed by atoms with E-state index in [9.17, 15) is 15.3 Å². The van der Waals surface area contributed by atoms with Crippen LogP contribution in [0.4, 0.5) is 0 Å². The Morgan fingerprint density at radius 2 is 0.750 bits per heavy atom. The van der Waals surface area contributed by atoms with Gasteiger partial charge in [-0.15, -0.1) is 19.8 Å². The summed E-state index contributed by atoms with van der Waals surface area (Å²) < 4.78 is 0. The van der Waals surface area contributed by atoms with E-state index in [2.05, 4.69) is 0 Å². The van der Waals surface area contributed by atoms with Gasteiger partial charge in [-0.1, -0.05) is 59.3 Å². The van der Waals surface area contributed by atoms with Gasteiger partial charge in [0.1, 0.15) is 0 Å². The molecular weight excluding hydrogens is 247 g/mol. The third kappa shape index (κ3) is 63.1. The van der Waals surface area contributed by atoms with Crippen LogP contribution in [-0.2, 0) is 17.1 Å². The van der Waals surface area contributed by atoms with Crippen molar-refractivity contribution in [2.24, 2.45) is 0 Å². The maximum Gasteiger partial charge on any atom is 3.00 e. The zero-order valence-electron chi connectivity index (χ0n) is 11.0. The van der Waals surface area contributed by atoms with E-state index in [0.29, 0.717) is 0 Å². The molecule has 0 radical (unpaired) electrons. The molecule has 0 spiro atoms. The summed E-state index contributed by atoms with van der Waals surface area (Å²) in [6.07, 6.45) is 5.59. The second-order valence-electron chi connectivity index (χ2n) is 3.17. The van der Waals surface area contributed by atoms with Crippen LogP contribution in [0.1, 0.15) is 59.3 Å². The summed E-state index contributed by atoms with van der Waals surface area (Å²) >= 11 is 0. The summed E-state index contributed by atoms with van der Waals surface area (Å²) in [5.74, 6) is 0. The van der Waals surface area contributed by atoms with Gasteiger partial charge >= 0.3 is 17.1 Å². The normalized spacial score (nSPS) is 7.88. The minimum atomic E-state index is 0. The van der Waals surface area contributed by atoms with E-state index in [1.54, 1.807) is 0 Å². The average molecular weight is 274 g/mol. The quantitative estimate of drug-likeness (QED) is 0.660. The van der Waals surface area contributed by atoms with Crippen LogP contribution in [-0.4, -0.2) is 19.8 Å². The molecule has 0 rings (SSSR count). The molecule has 0 aliphatic heterocycles. The van der Waals surface area contributed by atoms with E-state index in [1.165, 1.54) is 0 Å². The second-order valence-corrected chi connectivity index (χ2v) is 3.17. The Hall–Kier alpha value is 0.399. The fourth-order valence-corrected chi connectivity index (χ4v) is 0.433. The first-order valence-electron chi connectivity index (χ1n) is 5.99. The standard InChI is InChI=1S/3C4H9O.Mn/c3*1-2-3-4-5;/h3*2-4H2,1H3;/q3*-1;+3. The van der Waals surface area contributed by atoms with Crippen LogP contribution in [0, 0.1) is 0 Å². The van der Waals surface area contributed by atoms with Gasteiger partial charge < -0.3 is 15.3 Å². The fraction of sp³-hybridized carbons (Fsp3) is 1.00. The topological polar surface area (TPSA) is 69.2 Å². The molecule has 0 heterocycles. The van der Waals surface area contributed by atoms with Crippen LogP contribution >= 0.6 is 0 Å². The van der Waals surface area contributed by atoms with Crippen LogP contribution in [0.5, 0.6) is 0 Å². The molecule has 0 aliphatic rings. The molecule has 0 saturated carbocycles. The van der Waals surface area contributed by atoms with E-state index in [4.69, 9.17) is 0 Å². The summed E-state index contributed by atoms with van der Waals surface area (Å²) in [4.78, 5) is 0. The summed E-state index contributed by atoms with van der Waals surface area (Å²) in [7, 11) is 0. The molecule has 0 aromatic carbocycles. The predicted molar refractivity (Wildman–Crippen MR) is 59.3 cm³/mol. The Labute approximate surface area is 112 Å². The van der Waals surface area contributed by atoms with Crippen LogP contribution in [0.2, 0.25) is 0 Å². The fourth-order valence-electron chi connectivity index (χ4n) is 0.433. The molecule has 100 valence electrons. The van der Waals surface area contributed by atoms with Crippen LogP contribution < -0.4 is 15.3 Å². The van der Waals surface area contributed by atoms with E-state index >= 15 is 0 Å². The van der Waals surface area contributed by atoms with Crippen molar-refractivity contribution in [2.75, 3.05) is 19.8 Å². The van der Waals surface area contributed by atoms with Crippen molar-refractivity contribution in [1.29, 1.82) is 0 Å². The van der Waals surface area contributed by atoms with Gasteiger partial charge in [0.2, 0.25) is 0 Å². The van der Waals surface area contributed by atoms with Gasteiger partial charge in [0.05, 0.1) is 0 Å². The Kier molecular flexibility index (Phi) is 57.1. The molecule has 0 N–H and O–H groups in total. The summed E-state index contributed by atoms with van der Waals surface area (Å²) in [6, 6.07) is 0. The monoisotopic (exact) mass is 274 g/mol.